The lowest BCUT2D eigenvalue weighted by Gasteiger charge is -2.38. The van der Waals surface area contributed by atoms with Gasteiger partial charge in [-0.1, -0.05) is 19.8 Å². The van der Waals surface area contributed by atoms with Crippen LogP contribution < -0.4 is 0 Å². The lowest BCUT2D eigenvalue weighted by atomic mass is 9.67. The van der Waals surface area contributed by atoms with Crippen molar-refractivity contribution in [3.8, 4) is 5.75 Å². The zero-order chi connectivity index (χ0) is 18.0. The molecule has 0 saturated carbocycles. The molecule has 2 aliphatic rings. The van der Waals surface area contributed by atoms with Gasteiger partial charge in [-0.15, -0.1) is 0 Å². The van der Waals surface area contributed by atoms with Crippen molar-refractivity contribution in [2.24, 2.45) is 4.99 Å². The van der Waals surface area contributed by atoms with E-state index in [9.17, 15) is 14.7 Å². The molecule has 0 fully saturated rings. The van der Waals surface area contributed by atoms with Crippen LogP contribution in [0.25, 0.3) is 0 Å². The zero-order valence-electron chi connectivity index (χ0n) is 14.2. The van der Waals surface area contributed by atoms with Gasteiger partial charge in [0.1, 0.15) is 5.75 Å². The van der Waals surface area contributed by atoms with Crippen molar-refractivity contribution in [3.05, 3.63) is 47.6 Å². The van der Waals surface area contributed by atoms with Crippen LogP contribution in [0.15, 0.2) is 47.0 Å². The molecule has 1 aliphatic heterocycles. The molecule has 0 aromatic heterocycles. The number of nitrogens with zero attached hydrogens (tertiary/aromatic N) is 1. The van der Waals surface area contributed by atoms with Gasteiger partial charge in [-0.25, -0.2) is 4.99 Å². The van der Waals surface area contributed by atoms with Gasteiger partial charge < -0.3 is 10.2 Å². The van der Waals surface area contributed by atoms with Crippen molar-refractivity contribution in [3.63, 3.8) is 0 Å². The fourth-order valence-corrected chi connectivity index (χ4v) is 3.59. The molecule has 1 heterocycles. The highest BCUT2D eigenvalue weighted by Gasteiger charge is 2.39. The molecule has 1 atom stereocenters. The molecular formula is C20H21NO4. The van der Waals surface area contributed by atoms with Crippen molar-refractivity contribution in [2.45, 2.75) is 44.4 Å². The number of aliphatic imine (C=N–C) groups is 1. The maximum absolute atomic E-state index is 11.9. The Balaban J connectivity index is 1.91. The molecule has 2 N–H and O–H groups in total. The number of carboxylic acid groups (broad SMARTS) is 1. The molecule has 5 heteroatoms. The number of allylic oxidation sites excluding steroid dienone is 4. The first-order chi connectivity index (χ1) is 11.9. The Morgan fingerprint density at radius 2 is 2.00 bits per heavy atom. The maximum atomic E-state index is 11.9. The van der Waals surface area contributed by atoms with Gasteiger partial charge in [-0.3, -0.25) is 9.59 Å². The summed E-state index contributed by atoms with van der Waals surface area (Å²) in [5.41, 5.74) is 2.93. The van der Waals surface area contributed by atoms with Gasteiger partial charge in [-0.2, -0.15) is 0 Å². The van der Waals surface area contributed by atoms with E-state index in [0.29, 0.717) is 6.42 Å². The number of rotatable bonds is 6. The summed E-state index contributed by atoms with van der Waals surface area (Å²) in [5.74, 6) is -0.665. The van der Waals surface area contributed by atoms with Gasteiger partial charge in [0.25, 0.3) is 0 Å². The Hall–Kier alpha value is -2.69. The van der Waals surface area contributed by atoms with Crippen LogP contribution in [0.5, 0.6) is 5.75 Å². The molecule has 1 aliphatic carbocycles. The van der Waals surface area contributed by atoms with Crippen LogP contribution in [0.4, 0.5) is 5.69 Å². The molecule has 130 valence electrons. The number of phenols is 1. The predicted octanol–water partition coefficient (Wildman–Crippen LogP) is 3.84. The number of carbonyl (C=O) groups excluding carboxylic acids is 1. The second-order valence-electron chi connectivity index (χ2n) is 6.78. The van der Waals surface area contributed by atoms with E-state index in [0.717, 1.165) is 41.8 Å². The Morgan fingerprint density at radius 1 is 1.20 bits per heavy atom. The molecule has 0 saturated heterocycles. The molecule has 0 radical (unpaired) electrons. The summed E-state index contributed by atoms with van der Waals surface area (Å²) in [4.78, 5) is 27.2. The van der Waals surface area contributed by atoms with Crippen molar-refractivity contribution < 1.29 is 19.8 Å². The number of carboxylic acids is 1. The largest absolute Gasteiger partial charge is 0.508 e. The van der Waals surface area contributed by atoms with Crippen LogP contribution in [0.3, 0.4) is 0 Å². The van der Waals surface area contributed by atoms with Crippen LogP contribution in [0.1, 0.15) is 44.6 Å². The van der Waals surface area contributed by atoms with Gasteiger partial charge in [0.2, 0.25) is 0 Å². The molecule has 0 amide bonds. The van der Waals surface area contributed by atoms with Crippen LogP contribution in [-0.2, 0) is 15.0 Å². The average Bonchev–Trinajstić information content (AvgIpc) is 2.56. The van der Waals surface area contributed by atoms with E-state index >= 15 is 0 Å². The van der Waals surface area contributed by atoms with E-state index in [-0.39, 0.29) is 18.0 Å². The van der Waals surface area contributed by atoms with Crippen molar-refractivity contribution in [2.75, 3.05) is 0 Å². The van der Waals surface area contributed by atoms with Gasteiger partial charge in [-0.05, 0) is 60.4 Å². The van der Waals surface area contributed by atoms with E-state index in [4.69, 9.17) is 5.11 Å². The Morgan fingerprint density at radius 3 is 2.76 bits per heavy atom. The van der Waals surface area contributed by atoms with Crippen LogP contribution in [0, 0.1) is 0 Å². The molecule has 1 aromatic carbocycles. The minimum atomic E-state index is -0.778. The fourth-order valence-electron chi connectivity index (χ4n) is 3.59. The third-order valence-corrected chi connectivity index (χ3v) is 4.95. The second kappa shape index (κ2) is 6.67. The number of aromatic hydroxyl groups is 1. The van der Waals surface area contributed by atoms with Gasteiger partial charge in [0.05, 0.1) is 11.4 Å². The smallest absolute Gasteiger partial charge is 0.303 e. The zero-order valence-corrected chi connectivity index (χ0v) is 14.2. The number of fused-ring (bicyclic) bond motifs is 2. The second-order valence-corrected chi connectivity index (χ2v) is 6.78. The number of ketones is 1. The third kappa shape index (κ3) is 3.40. The SMILES string of the molecule is CC1(CCCCCC(=O)O)C2=CC(=O)C=CC2=Nc2ccc(O)cc21. The molecule has 5 nitrogen and oxygen atoms in total. The summed E-state index contributed by atoms with van der Waals surface area (Å²) in [6.07, 6.45) is 8.10. The molecule has 1 unspecified atom stereocenters. The maximum Gasteiger partial charge on any atom is 0.303 e. The number of hydrogen-bond donors (Lipinski definition) is 2. The van der Waals surface area contributed by atoms with Crippen molar-refractivity contribution in [1.82, 2.24) is 0 Å². The van der Waals surface area contributed by atoms with Crippen LogP contribution >= 0.6 is 0 Å². The number of phenolic OH excluding ortho intramolecular Hbond substituents is 1. The molecule has 0 spiro atoms. The number of unbranched alkanes of at least 4 members (excludes halogenated alkanes) is 2. The van der Waals surface area contributed by atoms with Gasteiger partial charge >= 0.3 is 5.97 Å². The number of carbonyl (C=O) groups is 2. The summed E-state index contributed by atoms with van der Waals surface area (Å²) in [6, 6.07) is 5.13. The highest BCUT2D eigenvalue weighted by molar-refractivity contribution is 6.22. The minimum Gasteiger partial charge on any atom is -0.508 e. The average molecular weight is 339 g/mol. The lowest BCUT2D eigenvalue weighted by molar-refractivity contribution is -0.137. The lowest BCUT2D eigenvalue weighted by Crippen LogP contribution is -2.33. The van der Waals surface area contributed by atoms with Crippen molar-refractivity contribution in [1.29, 1.82) is 0 Å². The van der Waals surface area contributed by atoms with Crippen molar-refractivity contribution >= 4 is 23.2 Å². The molecule has 25 heavy (non-hydrogen) atoms. The molecule has 1 aromatic rings. The highest BCUT2D eigenvalue weighted by Crippen LogP contribution is 2.47. The first kappa shape index (κ1) is 17.1. The first-order valence-electron chi connectivity index (χ1n) is 8.49. The number of aliphatic carboxylic acids is 1. The summed E-state index contributed by atoms with van der Waals surface area (Å²) in [5, 5.41) is 18.7. The van der Waals surface area contributed by atoms with E-state index in [1.54, 1.807) is 30.4 Å². The van der Waals surface area contributed by atoms with E-state index in [2.05, 4.69) is 11.9 Å². The third-order valence-electron chi connectivity index (χ3n) is 4.95. The Bertz CT molecular complexity index is 819. The quantitative estimate of drug-likeness (QED) is 0.609. The minimum absolute atomic E-state index is 0.0605. The molecular weight excluding hydrogens is 318 g/mol. The predicted molar refractivity (Wildman–Crippen MR) is 95.5 cm³/mol. The summed E-state index contributed by atoms with van der Waals surface area (Å²) in [6.45, 7) is 2.06. The topological polar surface area (TPSA) is 87.0 Å². The Kier molecular flexibility index (Phi) is 4.57. The van der Waals surface area contributed by atoms with E-state index in [1.807, 2.05) is 0 Å². The van der Waals surface area contributed by atoms with E-state index < -0.39 is 11.4 Å². The number of benzene rings is 1. The molecule has 3 rings (SSSR count). The van der Waals surface area contributed by atoms with E-state index in [1.165, 1.54) is 6.08 Å². The normalized spacial score (nSPS) is 21.2. The standard InChI is InChI=1S/C20H21NO4/c1-20(10-4-2-3-5-19(24)25)15-11-13(22)6-8-17(15)21-18-9-7-14(23)12-16(18)20/h6-9,11-12,22H,2-5,10H2,1H3,(H,24,25). The summed E-state index contributed by atoms with van der Waals surface area (Å²) >= 11 is 0. The number of hydrogen-bond acceptors (Lipinski definition) is 4. The van der Waals surface area contributed by atoms with Crippen LogP contribution in [-0.4, -0.2) is 27.7 Å². The fraction of sp³-hybridized carbons (Fsp3) is 0.350. The highest BCUT2D eigenvalue weighted by atomic mass is 16.4. The van der Waals surface area contributed by atoms with Gasteiger partial charge in [0.15, 0.2) is 5.78 Å². The van der Waals surface area contributed by atoms with Gasteiger partial charge in [0, 0.05) is 11.8 Å². The monoisotopic (exact) mass is 339 g/mol. The Labute approximate surface area is 146 Å². The summed E-state index contributed by atoms with van der Waals surface area (Å²) in [7, 11) is 0. The summed E-state index contributed by atoms with van der Waals surface area (Å²) < 4.78 is 0. The first-order valence-corrected chi connectivity index (χ1v) is 8.49. The molecule has 0 bridgehead atoms. The van der Waals surface area contributed by atoms with Crippen LogP contribution in [0.2, 0.25) is 0 Å².